The Morgan fingerprint density at radius 3 is 2.20 bits per heavy atom. The van der Waals surface area contributed by atoms with E-state index in [0.717, 1.165) is 18.5 Å². The highest BCUT2D eigenvalue weighted by atomic mass is 15.2. The molecule has 2 nitrogen and oxygen atoms in total. The molecule has 1 heterocycles. The van der Waals surface area contributed by atoms with Crippen molar-refractivity contribution < 1.29 is 0 Å². The quantitative estimate of drug-likeness (QED) is 0.728. The molecule has 90 valence electrons. The third-order valence-electron chi connectivity index (χ3n) is 3.67. The molecular weight excluding hydrogens is 184 g/mol. The lowest BCUT2D eigenvalue weighted by atomic mass is 10.0. The van der Waals surface area contributed by atoms with Crippen LogP contribution in [0.25, 0.3) is 0 Å². The van der Waals surface area contributed by atoms with Gasteiger partial charge in [0.1, 0.15) is 0 Å². The van der Waals surface area contributed by atoms with Crippen LogP contribution in [0.15, 0.2) is 0 Å². The van der Waals surface area contributed by atoms with Crippen molar-refractivity contribution in [2.45, 2.75) is 59.0 Å². The maximum absolute atomic E-state index is 3.65. The number of hydrogen-bond donors (Lipinski definition) is 1. The van der Waals surface area contributed by atoms with E-state index in [9.17, 15) is 0 Å². The monoisotopic (exact) mass is 212 g/mol. The Balaban J connectivity index is 2.36. The van der Waals surface area contributed by atoms with E-state index in [2.05, 4.69) is 37.9 Å². The van der Waals surface area contributed by atoms with E-state index in [-0.39, 0.29) is 0 Å². The second-order valence-corrected chi connectivity index (χ2v) is 5.27. The molecule has 0 bridgehead atoms. The van der Waals surface area contributed by atoms with Gasteiger partial charge in [-0.25, -0.2) is 0 Å². The van der Waals surface area contributed by atoms with Crippen molar-refractivity contribution in [3.8, 4) is 0 Å². The molecule has 1 aliphatic rings. The van der Waals surface area contributed by atoms with Gasteiger partial charge in [-0.3, -0.25) is 4.90 Å². The molecule has 1 fully saturated rings. The molecule has 2 atom stereocenters. The zero-order valence-electron chi connectivity index (χ0n) is 10.9. The van der Waals surface area contributed by atoms with Gasteiger partial charge in [0, 0.05) is 18.6 Å². The third kappa shape index (κ3) is 4.12. The molecule has 0 aliphatic carbocycles. The number of nitrogens with zero attached hydrogens (tertiary/aromatic N) is 1. The van der Waals surface area contributed by atoms with Crippen LogP contribution in [0.5, 0.6) is 0 Å². The van der Waals surface area contributed by atoms with Crippen LogP contribution in [-0.2, 0) is 0 Å². The Labute approximate surface area is 95.4 Å². The Bertz CT molecular complexity index is 162. The topological polar surface area (TPSA) is 15.3 Å². The van der Waals surface area contributed by atoms with Crippen molar-refractivity contribution in [3.63, 3.8) is 0 Å². The lowest BCUT2D eigenvalue weighted by molar-refractivity contribution is 0.182. The summed E-state index contributed by atoms with van der Waals surface area (Å²) in [7, 11) is 0. The molecule has 1 aliphatic heterocycles. The summed E-state index contributed by atoms with van der Waals surface area (Å²) in [5.74, 6) is 0.764. The van der Waals surface area contributed by atoms with Crippen LogP contribution in [0.1, 0.15) is 47.0 Å². The highest BCUT2D eigenvalue weighted by molar-refractivity contribution is 4.81. The second kappa shape index (κ2) is 6.49. The molecule has 2 unspecified atom stereocenters. The first kappa shape index (κ1) is 13.0. The maximum atomic E-state index is 3.65. The summed E-state index contributed by atoms with van der Waals surface area (Å²) >= 11 is 0. The molecule has 0 spiro atoms. The van der Waals surface area contributed by atoms with Crippen molar-refractivity contribution in [2.24, 2.45) is 5.92 Å². The summed E-state index contributed by atoms with van der Waals surface area (Å²) in [6.45, 7) is 13.0. The summed E-state index contributed by atoms with van der Waals surface area (Å²) in [6, 6.07) is 1.40. The minimum Gasteiger partial charge on any atom is -0.313 e. The fourth-order valence-corrected chi connectivity index (χ4v) is 2.33. The lowest BCUT2D eigenvalue weighted by Crippen LogP contribution is -2.46. The highest BCUT2D eigenvalue weighted by Gasteiger charge is 2.24. The van der Waals surface area contributed by atoms with Gasteiger partial charge in [-0.05, 0) is 45.2 Å². The molecule has 1 rings (SSSR count). The van der Waals surface area contributed by atoms with E-state index < -0.39 is 0 Å². The molecule has 0 amide bonds. The van der Waals surface area contributed by atoms with Gasteiger partial charge in [0.25, 0.3) is 0 Å². The Hall–Kier alpha value is -0.0800. The number of likely N-dealkylation sites (tertiary alicyclic amines) is 1. The van der Waals surface area contributed by atoms with Gasteiger partial charge in [-0.1, -0.05) is 20.8 Å². The van der Waals surface area contributed by atoms with Gasteiger partial charge < -0.3 is 5.32 Å². The van der Waals surface area contributed by atoms with Crippen molar-refractivity contribution >= 4 is 0 Å². The second-order valence-electron chi connectivity index (χ2n) is 5.27. The zero-order valence-corrected chi connectivity index (χ0v) is 10.9. The van der Waals surface area contributed by atoms with Crippen LogP contribution in [0.2, 0.25) is 0 Å². The van der Waals surface area contributed by atoms with Crippen LogP contribution in [0.3, 0.4) is 0 Å². The molecule has 0 aromatic heterocycles. The fourth-order valence-electron chi connectivity index (χ4n) is 2.33. The minimum absolute atomic E-state index is 0.661. The number of nitrogens with one attached hydrogen (secondary N) is 1. The van der Waals surface area contributed by atoms with E-state index >= 15 is 0 Å². The van der Waals surface area contributed by atoms with E-state index in [1.807, 2.05) is 0 Å². The molecule has 15 heavy (non-hydrogen) atoms. The van der Waals surface area contributed by atoms with Gasteiger partial charge in [0.2, 0.25) is 0 Å². The molecule has 0 aromatic rings. The van der Waals surface area contributed by atoms with Crippen LogP contribution in [0, 0.1) is 5.92 Å². The fraction of sp³-hybridized carbons (Fsp3) is 1.00. The van der Waals surface area contributed by atoms with Gasteiger partial charge in [-0.2, -0.15) is 0 Å². The standard InChI is InChI=1S/C13H28N2/c1-5-12(4)14-10-13(11(2)3)15-8-6-7-9-15/h11-14H,5-10H2,1-4H3. The summed E-state index contributed by atoms with van der Waals surface area (Å²) in [5, 5.41) is 3.65. The van der Waals surface area contributed by atoms with E-state index in [1.54, 1.807) is 0 Å². The number of rotatable bonds is 6. The van der Waals surface area contributed by atoms with Crippen molar-refractivity contribution in [1.82, 2.24) is 10.2 Å². The van der Waals surface area contributed by atoms with Gasteiger partial charge in [0.15, 0.2) is 0 Å². The Kier molecular flexibility index (Phi) is 5.62. The molecule has 1 N–H and O–H groups in total. The maximum Gasteiger partial charge on any atom is 0.0243 e. The lowest BCUT2D eigenvalue weighted by Gasteiger charge is -2.32. The van der Waals surface area contributed by atoms with Crippen LogP contribution in [-0.4, -0.2) is 36.6 Å². The van der Waals surface area contributed by atoms with Crippen molar-refractivity contribution in [3.05, 3.63) is 0 Å². The normalized spacial score (nSPS) is 22.2. The highest BCUT2D eigenvalue weighted by Crippen LogP contribution is 2.17. The molecule has 0 radical (unpaired) electrons. The first-order valence-electron chi connectivity index (χ1n) is 6.62. The Morgan fingerprint density at radius 2 is 1.73 bits per heavy atom. The number of hydrogen-bond acceptors (Lipinski definition) is 2. The average Bonchev–Trinajstić information content (AvgIpc) is 2.70. The largest absolute Gasteiger partial charge is 0.313 e. The van der Waals surface area contributed by atoms with Gasteiger partial charge in [-0.15, -0.1) is 0 Å². The van der Waals surface area contributed by atoms with Gasteiger partial charge >= 0.3 is 0 Å². The van der Waals surface area contributed by atoms with Crippen molar-refractivity contribution in [1.29, 1.82) is 0 Å². The Morgan fingerprint density at radius 1 is 1.13 bits per heavy atom. The molecule has 0 saturated carbocycles. The zero-order chi connectivity index (χ0) is 11.3. The smallest absolute Gasteiger partial charge is 0.0243 e. The van der Waals surface area contributed by atoms with E-state index in [1.165, 1.54) is 32.4 Å². The first-order chi connectivity index (χ1) is 7.15. The predicted molar refractivity (Wildman–Crippen MR) is 67.2 cm³/mol. The predicted octanol–water partition coefficient (Wildman–Crippen LogP) is 2.49. The van der Waals surface area contributed by atoms with Crippen LogP contribution >= 0.6 is 0 Å². The summed E-state index contributed by atoms with van der Waals surface area (Å²) in [6.07, 6.45) is 4.02. The van der Waals surface area contributed by atoms with Crippen LogP contribution < -0.4 is 5.32 Å². The first-order valence-corrected chi connectivity index (χ1v) is 6.62. The molecule has 1 saturated heterocycles. The van der Waals surface area contributed by atoms with Crippen molar-refractivity contribution in [2.75, 3.05) is 19.6 Å². The third-order valence-corrected chi connectivity index (χ3v) is 3.67. The van der Waals surface area contributed by atoms with Crippen LogP contribution in [0.4, 0.5) is 0 Å². The summed E-state index contributed by atoms with van der Waals surface area (Å²) < 4.78 is 0. The average molecular weight is 212 g/mol. The SMILES string of the molecule is CCC(C)NCC(C(C)C)N1CCCC1. The minimum atomic E-state index is 0.661. The van der Waals surface area contributed by atoms with E-state index in [0.29, 0.717) is 6.04 Å². The molecule has 0 aromatic carbocycles. The molecule has 2 heteroatoms. The summed E-state index contributed by atoms with van der Waals surface area (Å²) in [5.41, 5.74) is 0. The van der Waals surface area contributed by atoms with Gasteiger partial charge in [0.05, 0.1) is 0 Å². The summed E-state index contributed by atoms with van der Waals surface area (Å²) in [4.78, 5) is 2.67. The van der Waals surface area contributed by atoms with E-state index in [4.69, 9.17) is 0 Å². The molecular formula is C13H28N2.